The highest BCUT2D eigenvalue weighted by molar-refractivity contribution is 5.92. The zero-order valence-corrected chi connectivity index (χ0v) is 22.5. The van der Waals surface area contributed by atoms with Gasteiger partial charge in [-0.3, -0.25) is 9.59 Å². The van der Waals surface area contributed by atoms with Crippen LogP contribution in [0, 0.1) is 5.92 Å². The molecule has 1 aliphatic carbocycles. The number of carbonyl (C=O) groups excluding carboxylic acids is 2. The van der Waals surface area contributed by atoms with Crippen LogP contribution in [0.1, 0.15) is 91.4 Å². The number of carbonyl (C=O) groups is 2. The number of fused-ring (bicyclic) bond motifs is 1. The Morgan fingerprint density at radius 3 is 2.50 bits per heavy atom. The van der Waals surface area contributed by atoms with Gasteiger partial charge in [0.05, 0.1) is 36.0 Å². The van der Waals surface area contributed by atoms with Crippen molar-refractivity contribution in [3.63, 3.8) is 0 Å². The fraction of sp³-hybridized carbons (Fsp3) is 0.577. The second kappa shape index (κ2) is 12.3. The van der Waals surface area contributed by atoms with E-state index in [0.29, 0.717) is 16.6 Å². The van der Waals surface area contributed by atoms with Crippen molar-refractivity contribution in [3.05, 3.63) is 41.0 Å². The molecule has 0 saturated heterocycles. The van der Waals surface area contributed by atoms with Crippen molar-refractivity contribution in [1.82, 2.24) is 30.3 Å². The smallest absolute Gasteiger partial charge is 0.364 e. The molecule has 4 N–H and O–H groups in total. The minimum atomic E-state index is -4.46. The lowest BCUT2D eigenvalue weighted by Gasteiger charge is -2.32. The molecule has 16 heteroatoms. The van der Waals surface area contributed by atoms with Gasteiger partial charge in [0.2, 0.25) is 18.3 Å². The fourth-order valence-electron chi connectivity index (χ4n) is 5.15. The SMILES string of the molecule is C[C@@H](NC(=O)CCC(F)(F)F)c1ccc2nc([C@H](c3nn(CCC(F)F)nc3C(N)=O)C3CCC(F)(F)CC3)[nH]c2c1. The average Bonchev–Trinajstić information content (AvgIpc) is 3.51. The lowest BCUT2D eigenvalue weighted by molar-refractivity contribution is -0.144. The summed E-state index contributed by atoms with van der Waals surface area (Å²) in [6.07, 6.45) is -10.3. The number of aromatic nitrogens is 5. The maximum Gasteiger partial charge on any atom is 0.389 e. The first-order valence-electron chi connectivity index (χ1n) is 13.4. The van der Waals surface area contributed by atoms with Gasteiger partial charge in [-0.25, -0.2) is 22.5 Å². The first kappa shape index (κ1) is 31.2. The standard InChI is InChI=1S/C26H30F7N7O2/c1-13(35-19(41)6-10-26(31,32)33)15-2-3-16-17(12-15)37-24(36-16)20(14-4-8-25(29,30)9-5-14)21-22(23(34)42)39-40(38-21)11-7-18(27)28/h2-3,12-14,18,20H,4-11H2,1H3,(H2,34,42)(H,35,41)(H,36,37)/t13-,20+/m1/s1. The first-order valence-corrected chi connectivity index (χ1v) is 13.4. The van der Waals surface area contributed by atoms with Gasteiger partial charge in [-0.1, -0.05) is 6.07 Å². The van der Waals surface area contributed by atoms with Gasteiger partial charge in [-0.05, 0) is 43.4 Å². The molecule has 1 aromatic carbocycles. The summed E-state index contributed by atoms with van der Waals surface area (Å²) in [5.74, 6) is -5.63. The molecular formula is C26H30F7N7O2. The van der Waals surface area contributed by atoms with Crippen molar-refractivity contribution in [3.8, 4) is 0 Å². The number of alkyl halides is 7. The number of nitrogens with two attached hydrogens (primary N) is 1. The van der Waals surface area contributed by atoms with Gasteiger partial charge in [0.1, 0.15) is 11.5 Å². The maximum atomic E-state index is 14.0. The van der Waals surface area contributed by atoms with E-state index in [9.17, 15) is 40.3 Å². The van der Waals surface area contributed by atoms with Crippen molar-refractivity contribution < 1.29 is 40.3 Å². The van der Waals surface area contributed by atoms with Crippen LogP contribution in [0.5, 0.6) is 0 Å². The predicted octanol–water partition coefficient (Wildman–Crippen LogP) is 5.39. The largest absolute Gasteiger partial charge is 0.389 e. The van der Waals surface area contributed by atoms with Crippen LogP contribution >= 0.6 is 0 Å². The highest BCUT2D eigenvalue weighted by atomic mass is 19.4. The fourth-order valence-corrected chi connectivity index (χ4v) is 5.15. The topological polar surface area (TPSA) is 132 Å². The van der Waals surface area contributed by atoms with Gasteiger partial charge in [-0.2, -0.15) is 23.1 Å². The van der Waals surface area contributed by atoms with Crippen LogP contribution in [0.3, 0.4) is 0 Å². The van der Waals surface area contributed by atoms with Gasteiger partial charge in [0.25, 0.3) is 5.91 Å². The molecule has 0 bridgehead atoms. The van der Waals surface area contributed by atoms with Crippen LogP contribution in [-0.4, -0.2) is 55.3 Å². The minimum absolute atomic E-state index is 0.0385. The molecule has 2 amide bonds. The van der Waals surface area contributed by atoms with E-state index < -0.39 is 80.3 Å². The third kappa shape index (κ3) is 7.76. The quantitative estimate of drug-likeness (QED) is 0.253. The van der Waals surface area contributed by atoms with Crippen molar-refractivity contribution in [1.29, 1.82) is 0 Å². The van der Waals surface area contributed by atoms with Crippen LogP contribution in [0.4, 0.5) is 30.7 Å². The molecule has 230 valence electrons. The summed E-state index contributed by atoms with van der Waals surface area (Å²) in [6, 6.07) is 4.24. The number of aryl methyl sites for hydroxylation is 1. The summed E-state index contributed by atoms with van der Waals surface area (Å²) in [7, 11) is 0. The number of nitrogens with zero attached hydrogens (tertiary/aromatic N) is 4. The zero-order chi connectivity index (χ0) is 30.8. The van der Waals surface area contributed by atoms with E-state index in [1.807, 2.05) is 0 Å². The molecule has 0 radical (unpaired) electrons. The molecule has 4 rings (SSSR count). The molecule has 0 spiro atoms. The third-order valence-electron chi connectivity index (χ3n) is 7.32. The van der Waals surface area contributed by atoms with Gasteiger partial charge < -0.3 is 16.0 Å². The summed E-state index contributed by atoms with van der Waals surface area (Å²) in [4.78, 5) is 32.9. The first-order chi connectivity index (χ1) is 19.6. The van der Waals surface area contributed by atoms with Gasteiger partial charge >= 0.3 is 6.18 Å². The molecule has 9 nitrogen and oxygen atoms in total. The number of halogens is 7. The summed E-state index contributed by atoms with van der Waals surface area (Å²) >= 11 is 0. The highest BCUT2D eigenvalue weighted by Gasteiger charge is 2.42. The second-order valence-electron chi connectivity index (χ2n) is 10.5. The number of imidazole rings is 1. The number of hydrogen-bond acceptors (Lipinski definition) is 5. The molecular weight excluding hydrogens is 575 g/mol. The molecule has 0 unspecified atom stereocenters. The molecule has 2 atom stereocenters. The number of aromatic amines is 1. The van der Waals surface area contributed by atoms with Gasteiger partial charge in [0, 0.05) is 25.7 Å². The maximum absolute atomic E-state index is 14.0. The zero-order valence-electron chi connectivity index (χ0n) is 22.5. The average molecular weight is 606 g/mol. The van der Waals surface area contributed by atoms with Crippen LogP contribution in [-0.2, 0) is 11.3 Å². The van der Waals surface area contributed by atoms with Crippen molar-refractivity contribution in [2.75, 3.05) is 0 Å². The van der Waals surface area contributed by atoms with Crippen LogP contribution < -0.4 is 11.1 Å². The number of benzene rings is 1. The van der Waals surface area contributed by atoms with Crippen LogP contribution in [0.25, 0.3) is 11.0 Å². The Balaban J connectivity index is 1.67. The number of amides is 2. The van der Waals surface area contributed by atoms with E-state index in [-0.39, 0.29) is 36.6 Å². The Labute approximate surface area is 235 Å². The number of H-pyrrole nitrogens is 1. The molecule has 2 heterocycles. The summed E-state index contributed by atoms with van der Waals surface area (Å²) in [5.41, 5.74) is 6.77. The van der Waals surface area contributed by atoms with Gasteiger partial charge in [-0.15, -0.1) is 5.10 Å². The Hall–Kier alpha value is -3.72. The minimum Gasteiger partial charge on any atom is -0.364 e. The number of rotatable bonds is 11. The Kier molecular flexibility index (Phi) is 9.11. The molecule has 0 aliphatic heterocycles. The molecule has 1 saturated carbocycles. The number of nitrogens with one attached hydrogen (secondary N) is 2. The Bertz CT molecular complexity index is 1410. The third-order valence-corrected chi connectivity index (χ3v) is 7.32. The molecule has 2 aromatic heterocycles. The molecule has 42 heavy (non-hydrogen) atoms. The number of hydrogen-bond donors (Lipinski definition) is 3. The van der Waals surface area contributed by atoms with E-state index in [4.69, 9.17) is 5.73 Å². The van der Waals surface area contributed by atoms with E-state index in [2.05, 4.69) is 25.5 Å². The van der Waals surface area contributed by atoms with Gasteiger partial charge in [0.15, 0.2) is 5.69 Å². The van der Waals surface area contributed by atoms with E-state index >= 15 is 0 Å². The normalized spacial score (nSPS) is 17.5. The van der Waals surface area contributed by atoms with Crippen LogP contribution in [0.15, 0.2) is 18.2 Å². The summed E-state index contributed by atoms with van der Waals surface area (Å²) < 4.78 is 91.1. The summed E-state index contributed by atoms with van der Waals surface area (Å²) in [5, 5.41) is 10.8. The molecule has 1 fully saturated rings. The second-order valence-corrected chi connectivity index (χ2v) is 10.5. The van der Waals surface area contributed by atoms with Crippen LogP contribution in [0.2, 0.25) is 0 Å². The monoisotopic (exact) mass is 605 g/mol. The lowest BCUT2D eigenvalue weighted by Crippen LogP contribution is -2.30. The van der Waals surface area contributed by atoms with E-state index in [1.165, 1.54) is 0 Å². The van der Waals surface area contributed by atoms with E-state index in [0.717, 1.165) is 4.80 Å². The summed E-state index contributed by atoms with van der Waals surface area (Å²) in [6.45, 7) is 1.30. The van der Waals surface area contributed by atoms with E-state index in [1.54, 1.807) is 25.1 Å². The Morgan fingerprint density at radius 2 is 1.88 bits per heavy atom. The Morgan fingerprint density at radius 1 is 1.19 bits per heavy atom. The molecule has 1 aliphatic rings. The lowest BCUT2D eigenvalue weighted by atomic mass is 9.76. The van der Waals surface area contributed by atoms with Crippen molar-refractivity contribution >= 4 is 22.8 Å². The predicted molar refractivity (Wildman–Crippen MR) is 136 cm³/mol. The highest BCUT2D eigenvalue weighted by Crippen LogP contribution is 2.44. The van der Waals surface area contributed by atoms with Crippen molar-refractivity contribution in [2.45, 2.75) is 88.9 Å². The number of primary amides is 1. The van der Waals surface area contributed by atoms with Crippen molar-refractivity contribution in [2.24, 2.45) is 11.7 Å². The molecule has 3 aromatic rings.